The number of carbonyl (C=O) groups excluding carboxylic acids is 1. The molecule has 2 heterocycles. The molecule has 0 radical (unpaired) electrons. The van der Waals surface area contributed by atoms with Crippen molar-refractivity contribution in [1.29, 1.82) is 0 Å². The molecule has 1 amide bonds. The number of guanidine groups is 1. The number of primary amides is 1. The topological polar surface area (TPSA) is 86.0 Å². The van der Waals surface area contributed by atoms with Crippen LogP contribution in [-0.4, -0.2) is 80.1 Å². The third kappa shape index (κ3) is 8.82. The van der Waals surface area contributed by atoms with E-state index in [4.69, 9.17) is 10.7 Å². The molecule has 0 bridgehead atoms. The minimum Gasteiger partial charge on any atom is -0.369 e. The first-order chi connectivity index (χ1) is 13.1. The molecule has 1 unspecified atom stereocenters. The molecule has 0 aromatic rings. The number of likely N-dealkylation sites (N-methyl/N-ethyl adjacent to an activating group) is 1. The number of nitrogens with one attached hydrogen (secondary N) is 2. The number of piperidine rings is 1. The smallest absolute Gasteiger partial charge is 0.220 e. The van der Waals surface area contributed by atoms with Crippen LogP contribution in [0.2, 0.25) is 0 Å². The Kier molecular flexibility index (Phi) is 13.1. The number of carbonyl (C=O) groups is 1. The van der Waals surface area contributed by atoms with E-state index in [1.54, 1.807) is 0 Å². The maximum atomic E-state index is 11.2. The maximum Gasteiger partial charge on any atom is 0.220 e. The van der Waals surface area contributed by atoms with Gasteiger partial charge in [-0.2, -0.15) is 0 Å². The number of hydrogen-bond acceptors (Lipinski definition) is 4. The number of halogens is 1. The lowest BCUT2D eigenvalue weighted by Crippen LogP contribution is -2.40. The second-order valence-corrected chi connectivity index (χ2v) is 7.80. The van der Waals surface area contributed by atoms with Gasteiger partial charge in [-0.25, -0.2) is 0 Å². The standard InChI is InChI=1S/C20H40N6O.HI/c1-3-22-20(24-16-18-8-7-13-26(18)4-2)23-11-5-6-12-25-14-9-17(10-15-25)19(21)27;/h17-18H,3-16H2,1-2H3,(H2,21,27)(H2,22,23,24);1H. The average molecular weight is 508 g/mol. The molecule has 2 saturated heterocycles. The fourth-order valence-corrected chi connectivity index (χ4v) is 4.16. The Hall–Kier alpha value is -0.610. The van der Waals surface area contributed by atoms with Gasteiger partial charge in [-0.15, -0.1) is 24.0 Å². The van der Waals surface area contributed by atoms with Crippen molar-refractivity contribution in [2.45, 2.75) is 58.4 Å². The molecule has 2 aliphatic rings. The number of nitrogens with two attached hydrogens (primary N) is 1. The predicted octanol–water partition coefficient (Wildman–Crippen LogP) is 1.62. The molecule has 2 fully saturated rings. The van der Waals surface area contributed by atoms with Crippen molar-refractivity contribution in [1.82, 2.24) is 20.4 Å². The Labute approximate surface area is 188 Å². The molecule has 2 aliphatic heterocycles. The van der Waals surface area contributed by atoms with E-state index < -0.39 is 0 Å². The van der Waals surface area contributed by atoms with Gasteiger partial charge in [0.1, 0.15) is 0 Å². The number of unbranched alkanes of at least 4 members (excludes halogenated alkanes) is 1. The molecule has 0 aliphatic carbocycles. The van der Waals surface area contributed by atoms with Crippen molar-refractivity contribution in [2.24, 2.45) is 16.6 Å². The van der Waals surface area contributed by atoms with Crippen molar-refractivity contribution in [3.05, 3.63) is 0 Å². The highest BCUT2D eigenvalue weighted by molar-refractivity contribution is 14.0. The van der Waals surface area contributed by atoms with Gasteiger partial charge in [0.15, 0.2) is 5.96 Å². The summed E-state index contributed by atoms with van der Waals surface area (Å²) in [6.45, 7) is 12.5. The highest BCUT2D eigenvalue weighted by atomic mass is 127. The Bertz CT molecular complexity index is 468. The normalized spacial score (nSPS) is 22.1. The first kappa shape index (κ1) is 25.4. The highest BCUT2D eigenvalue weighted by Gasteiger charge is 2.23. The summed E-state index contributed by atoms with van der Waals surface area (Å²) in [5, 5.41) is 6.84. The molecule has 0 aromatic carbocycles. The second-order valence-electron chi connectivity index (χ2n) is 7.80. The van der Waals surface area contributed by atoms with Crippen molar-refractivity contribution in [3.8, 4) is 0 Å². The molecule has 8 heteroatoms. The summed E-state index contributed by atoms with van der Waals surface area (Å²) in [4.78, 5) is 21.0. The van der Waals surface area contributed by atoms with Crippen LogP contribution < -0.4 is 16.4 Å². The van der Waals surface area contributed by atoms with E-state index in [0.717, 1.165) is 71.0 Å². The largest absolute Gasteiger partial charge is 0.369 e. The van der Waals surface area contributed by atoms with Crippen LogP contribution in [0.15, 0.2) is 4.99 Å². The van der Waals surface area contributed by atoms with Crippen molar-refractivity contribution < 1.29 is 4.79 Å². The van der Waals surface area contributed by atoms with Crippen molar-refractivity contribution in [3.63, 3.8) is 0 Å². The van der Waals surface area contributed by atoms with Crippen molar-refractivity contribution in [2.75, 3.05) is 52.4 Å². The zero-order valence-corrected chi connectivity index (χ0v) is 20.1. The summed E-state index contributed by atoms with van der Waals surface area (Å²) < 4.78 is 0. The number of aliphatic imine (C=N–C) groups is 1. The van der Waals surface area contributed by atoms with E-state index in [-0.39, 0.29) is 35.8 Å². The van der Waals surface area contributed by atoms with Crippen LogP contribution in [0.5, 0.6) is 0 Å². The van der Waals surface area contributed by atoms with Gasteiger partial charge in [0.25, 0.3) is 0 Å². The summed E-state index contributed by atoms with van der Waals surface area (Å²) in [5.41, 5.74) is 5.40. The SMILES string of the molecule is CCNC(=NCC1CCCN1CC)NCCCCN1CCC(C(N)=O)CC1.I. The summed E-state index contributed by atoms with van der Waals surface area (Å²) in [6.07, 6.45) is 6.70. The summed E-state index contributed by atoms with van der Waals surface area (Å²) >= 11 is 0. The molecule has 164 valence electrons. The van der Waals surface area contributed by atoms with Crippen LogP contribution in [0.3, 0.4) is 0 Å². The van der Waals surface area contributed by atoms with Crippen LogP contribution in [-0.2, 0) is 4.79 Å². The van der Waals surface area contributed by atoms with E-state index >= 15 is 0 Å². The molecule has 28 heavy (non-hydrogen) atoms. The highest BCUT2D eigenvalue weighted by Crippen LogP contribution is 2.17. The molecule has 1 atom stereocenters. The molecule has 4 N–H and O–H groups in total. The molecule has 0 aromatic heterocycles. The number of rotatable bonds is 10. The summed E-state index contributed by atoms with van der Waals surface area (Å²) in [7, 11) is 0. The van der Waals surface area contributed by atoms with Gasteiger partial charge in [-0.3, -0.25) is 14.7 Å². The van der Waals surface area contributed by atoms with Gasteiger partial charge in [0.05, 0.1) is 6.54 Å². The predicted molar refractivity (Wildman–Crippen MR) is 127 cm³/mol. The molecule has 0 saturated carbocycles. The Morgan fingerprint density at radius 2 is 1.86 bits per heavy atom. The second kappa shape index (κ2) is 14.4. The Morgan fingerprint density at radius 1 is 1.11 bits per heavy atom. The molecular weight excluding hydrogens is 467 g/mol. The van der Waals surface area contributed by atoms with Gasteiger partial charge in [-0.1, -0.05) is 6.92 Å². The van der Waals surface area contributed by atoms with Crippen LogP contribution in [0, 0.1) is 5.92 Å². The van der Waals surface area contributed by atoms with E-state index in [9.17, 15) is 4.79 Å². The van der Waals surface area contributed by atoms with E-state index in [2.05, 4.69) is 34.3 Å². The number of hydrogen-bond donors (Lipinski definition) is 3. The first-order valence-corrected chi connectivity index (χ1v) is 10.9. The minimum absolute atomic E-state index is 0. The summed E-state index contributed by atoms with van der Waals surface area (Å²) in [6, 6.07) is 0.605. The molecule has 2 rings (SSSR count). The van der Waals surface area contributed by atoms with E-state index in [1.807, 2.05) is 0 Å². The third-order valence-corrected chi connectivity index (χ3v) is 5.89. The minimum atomic E-state index is -0.131. The monoisotopic (exact) mass is 508 g/mol. The zero-order chi connectivity index (χ0) is 19.5. The number of likely N-dealkylation sites (tertiary alicyclic amines) is 2. The molecule has 7 nitrogen and oxygen atoms in total. The van der Waals surface area contributed by atoms with Gasteiger partial charge in [-0.05, 0) is 78.2 Å². The lowest BCUT2D eigenvalue weighted by atomic mass is 9.96. The lowest BCUT2D eigenvalue weighted by Gasteiger charge is -2.30. The van der Waals surface area contributed by atoms with Gasteiger partial charge in [0.2, 0.25) is 5.91 Å². The fraction of sp³-hybridized carbons (Fsp3) is 0.900. The maximum absolute atomic E-state index is 11.2. The lowest BCUT2D eigenvalue weighted by molar-refractivity contribution is -0.123. The van der Waals surface area contributed by atoms with E-state index in [0.29, 0.717) is 6.04 Å². The quantitative estimate of drug-likeness (QED) is 0.181. The van der Waals surface area contributed by atoms with Gasteiger partial charge < -0.3 is 21.3 Å². The first-order valence-electron chi connectivity index (χ1n) is 10.9. The number of nitrogens with zero attached hydrogens (tertiary/aromatic N) is 3. The zero-order valence-electron chi connectivity index (χ0n) is 17.8. The Balaban J connectivity index is 0.00000392. The number of amides is 1. The summed E-state index contributed by atoms with van der Waals surface area (Å²) in [5.74, 6) is 0.904. The van der Waals surface area contributed by atoms with Gasteiger partial charge in [0, 0.05) is 25.0 Å². The fourth-order valence-electron chi connectivity index (χ4n) is 4.16. The molecule has 0 spiro atoms. The van der Waals surface area contributed by atoms with E-state index in [1.165, 1.54) is 25.8 Å². The van der Waals surface area contributed by atoms with Crippen LogP contribution in [0.4, 0.5) is 0 Å². The Morgan fingerprint density at radius 3 is 2.50 bits per heavy atom. The van der Waals surface area contributed by atoms with Crippen LogP contribution >= 0.6 is 24.0 Å². The van der Waals surface area contributed by atoms with Crippen LogP contribution in [0.1, 0.15) is 52.4 Å². The van der Waals surface area contributed by atoms with Crippen LogP contribution in [0.25, 0.3) is 0 Å². The third-order valence-electron chi connectivity index (χ3n) is 5.89. The van der Waals surface area contributed by atoms with Gasteiger partial charge >= 0.3 is 0 Å². The molecular formula is C20H41IN6O. The van der Waals surface area contributed by atoms with Crippen molar-refractivity contribution >= 4 is 35.8 Å². The average Bonchev–Trinajstić information content (AvgIpc) is 3.13.